The van der Waals surface area contributed by atoms with Crippen molar-refractivity contribution < 1.29 is 17.9 Å². The van der Waals surface area contributed by atoms with Gasteiger partial charge in [-0.3, -0.25) is 4.79 Å². The van der Waals surface area contributed by atoms with E-state index in [1.807, 2.05) is 35.2 Å². The summed E-state index contributed by atoms with van der Waals surface area (Å²) in [4.78, 5) is 16.8. The number of anilines is 2. The predicted octanol–water partition coefficient (Wildman–Crippen LogP) is 2.51. The number of benzene rings is 2. The highest BCUT2D eigenvalue weighted by atomic mass is 32.2. The van der Waals surface area contributed by atoms with Crippen LogP contribution in [0.5, 0.6) is 5.75 Å². The molecule has 0 spiro atoms. The van der Waals surface area contributed by atoms with E-state index < -0.39 is 10.0 Å². The summed E-state index contributed by atoms with van der Waals surface area (Å²) in [6, 6.07) is 13.1. The summed E-state index contributed by atoms with van der Waals surface area (Å²) in [5.41, 5.74) is 2.89. The zero-order valence-electron chi connectivity index (χ0n) is 17.7. The number of piperazine rings is 1. The van der Waals surface area contributed by atoms with Gasteiger partial charge in [-0.2, -0.15) is 4.31 Å². The molecule has 164 valence electrons. The van der Waals surface area contributed by atoms with E-state index >= 15 is 0 Å². The molecule has 0 aromatic heterocycles. The van der Waals surface area contributed by atoms with Gasteiger partial charge in [0.05, 0.1) is 12.0 Å². The average molecular weight is 442 g/mol. The van der Waals surface area contributed by atoms with E-state index in [1.165, 1.54) is 0 Å². The first-order chi connectivity index (χ1) is 15.0. The molecule has 0 bridgehead atoms. The van der Waals surface area contributed by atoms with Crippen LogP contribution in [-0.4, -0.2) is 58.5 Å². The van der Waals surface area contributed by atoms with Crippen LogP contribution in [0.25, 0.3) is 0 Å². The zero-order chi connectivity index (χ0) is 21.6. The summed E-state index contributed by atoms with van der Waals surface area (Å²) in [5.74, 6) is 1.15. The Morgan fingerprint density at radius 1 is 0.968 bits per heavy atom. The molecule has 0 unspecified atom stereocenters. The van der Waals surface area contributed by atoms with Crippen LogP contribution in [0.3, 0.4) is 0 Å². The maximum Gasteiger partial charge on any atom is 0.243 e. The molecule has 0 atom stereocenters. The van der Waals surface area contributed by atoms with Crippen molar-refractivity contribution in [2.75, 3.05) is 49.6 Å². The summed E-state index contributed by atoms with van der Waals surface area (Å²) >= 11 is 0. The minimum absolute atomic E-state index is 0.163. The van der Waals surface area contributed by atoms with Crippen LogP contribution in [0.15, 0.2) is 47.4 Å². The highest BCUT2D eigenvalue weighted by Gasteiger charge is 2.37. The Hall–Kier alpha value is -2.58. The van der Waals surface area contributed by atoms with E-state index in [9.17, 15) is 13.2 Å². The van der Waals surface area contributed by atoms with Crippen molar-refractivity contribution in [2.24, 2.45) is 5.92 Å². The van der Waals surface area contributed by atoms with Gasteiger partial charge in [0.1, 0.15) is 5.75 Å². The number of hydrogen-bond acceptors (Lipinski definition) is 5. The first-order valence-corrected chi connectivity index (χ1v) is 12.2. The minimum Gasteiger partial charge on any atom is -0.497 e. The minimum atomic E-state index is -3.56. The number of amides is 1. The number of ether oxygens (including phenoxy) is 1. The largest absolute Gasteiger partial charge is 0.497 e. The molecule has 2 fully saturated rings. The van der Waals surface area contributed by atoms with Crippen molar-refractivity contribution in [1.82, 2.24) is 4.31 Å². The Kier molecular flexibility index (Phi) is 5.14. The van der Waals surface area contributed by atoms with E-state index in [4.69, 9.17) is 4.74 Å². The van der Waals surface area contributed by atoms with Gasteiger partial charge in [-0.25, -0.2) is 8.42 Å². The SMILES string of the molecule is COc1ccc(N2CCN(S(=O)(=O)c3ccc4c(c3)CCN4C(=O)C3CC3)CC2)cc1. The summed E-state index contributed by atoms with van der Waals surface area (Å²) < 4.78 is 33.3. The maximum atomic E-state index is 13.3. The van der Waals surface area contributed by atoms with Gasteiger partial charge in [0.2, 0.25) is 15.9 Å². The molecule has 31 heavy (non-hydrogen) atoms. The van der Waals surface area contributed by atoms with E-state index in [-0.39, 0.29) is 11.8 Å². The molecule has 7 nitrogen and oxygen atoms in total. The van der Waals surface area contributed by atoms with Crippen LogP contribution in [0, 0.1) is 5.92 Å². The van der Waals surface area contributed by atoms with Gasteiger partial charge in [-0.05, 0) is 67.3 Å². The monoisotopic (exact) mass is 441 g/mol. The molecule has 8 heteroatoms. The molecule has 3 aliphatic rings. The number of fused-ring (bicyclic) bond motifs is 1. The number of hydrogen-bond donors (Lipinski definition) is 0. The third-order valence-electron chi connectivity index (χ3n) is 6.45. The summed E-state index contributed by atoms with van der Waals surface area (Å²) in [6.45, 7) is 2.81. The average Bonchev–Trinajstić information content (AvgIpc) is 3.57. The Morgan fingerprint density at radius 3 is 2.32 bits per heavy atom. The maximum absolute atomic E-state index is 13.3. The number of methoxy groups -OCH3 is 1. The fraction of sp³-hybridized carbons (Fsp3) is 0.435. The van der Waals surface area contributed by atoms with Crippen molar-refractivity contribution in [3.63, 3.8) is 0 Å². The Labute approximate surface area is 183 Å². The van der Waals surface area contributed by atoms with Gasteiger partial charge in [-0.15, -0.1) is 0 Å². The van der Waals surface area contributed by atoms with Crippen molar-refractivity contribution >= 4 is 27.3 Å². The van der Waals surface area contributed by atoms with Gasteiger partial charge in [0.15, 0.2) is 0 Å². The molecule has 2 aliphatic heterocycles. The predicted molar refractivity (Wildman–Crippen MR) is 119 cm³/mol. The van der Waals surface area contributed by atoms with Crippen LogP contribution in [0.4, 0.5) is 11.4 Å². The zero-order valence-corrected chi connectivity index (χ0v) is 18.5. The molecule has 5 rings (SSSR count). The first kappa shape index (κ1) is 20.3. The number of carbonyl (C=O) groups excluding carboxylic acids is 1. The highest BCUT2D eigenvalue weighted by Crippen LogP contribution is 2.37. The summed E-state index contributed by atoms with van der Waals surface area (Å²) in [7, 11) is -1.92. The molecule has 0 N–H and O–H groups in total. The third kappa shape index (κ3) is 3.78. The number of rotatable bonds is 5. The molecule has 2 aromatic rings. The van der Waals surface area contributed by atoms with Crippen molar-refractivity contribution in [3.8, 4) is 5.75 Å². The van der Waals surface area contributed by atoms with Crippen LogP contribution in [0.2, 0.25) is 0 Å². The highest BCUT2D eigenvalue weighted by molar-refractivity contribution is 7.89. The van der Waals surface area contributed by atoms with Crippen molar-refractivity contribution in [1.29, 1.82) is 0 Å². The second kappa shape index (κ2) is 7.84. The summed E-state index contributed by atoms with van der Waals surface area (Å²) in [6.07, 6.45) is 2.65. The lowest BCUT2D eigenvalue weighted by Gasteiger charge is -2.35. The molecular weight excluding hydrogens is 414 g/mol. The summed E-state index contributed by atoms with van der Waals surface area (Å²) in [5, 5.41) is 0. The molecule has 1 amide bonds. The lowest BCUT2D eigenvalue weighted by molar-refractivity contribution is -0.119. The second-order valence-corrected chi connectivity index (χ2v) is 10.3. The van der Waals surface area contributed by atoms with Crippen LogP contribution < -0.4 is 14.5 Å². The van der Waals surface area contributed by atoms with Crippen molar-refractivity contribution in [3.05, 3.63) is 48.0 Å². The number of sulfonamides is 1. The Morgan fingerprint density at radius 2 is 1.68 bits per heavy atom. The molecular formula is C23H27N3O4S. The van der Waals surface area contributed by atoms with Crippen LogP contribution in [-0.2, 0) is 21.2 Å². The van der Waals surface area contributed by atoms with Gasteiger partial charge in [0, 0.05) is 50.0 Å². The Bertz CT molecular complexity index is 1090. The second-order valence-electron chi connectivity index (χ2n) is 8.39. The van der Waals surface area contributed by atoms with Gasteiger partial charge in [0.25, 0.3) is 0 Å². The molecule has 1 saturated heterocycles. The Balaban J connectivity index is 1.28. The fourth-order valence-electron chi connectivity index (χ4n) is 4.45. The van der Waals surface area contributed by atoms with Crippen molar-refractivity contribution in [2.45, 2.75) is 24.2 Å². The van der Waals surface area contributed by atoms with Gasteiger partial charge >= 0.3 is 0 Å². The van der Waals surface area contributed by atoms with Crippen LogP contribution in [0.1, 0.15) is 18.4 Å². The topological polar surface area (TPSA) is 70.2 Å². The first-order valence-electron chi connectivity index (χ1n) is 10.8. The van der Waals surface area contributed by atoms with E-state index in [2.05, 4.69) is 4.90 Å². The normalized spacial score (nSPS) is 19.4. The van der Waals surface area contributed by atoms with E-state index in [0.29, 0.717) is 44.0 Å². The lowest BCUT2D eigenvalue weighted by Crippen LogP contribution is -2.48. The number of carbonyl (C=O) groups is 1. The van der Waals surface area contributed by atoms with Gasteiger partial charge < -0.3 is 14.5 Å². The lowest BCUT2D eigenvalue weighted by atomic mass is 10.2. The quantitative estimate of drug-likeness (QED) is 0.713. The van der Waals surface area contributed by atoms with Gasteiger partial charge in [-0.1, -0.05) is 0 Å². The molecule has 2 heterocycles. The molecule has 0 radical (unpaired) electrons. The smallest absolute Gasteiger partial charge is 0.243 e. The molecule has 1 saturated carbocycles. The van der Waals surface area contributed by atoms with E-state index in [1.54, 1.807) is 23.5 Å². The molecule has 2 aromatic carbocycles. The standard InChI is InChI=1S/C23H27N3O4S/c1-30-20-6-4-19(5-7-20)24-12-14-25(15-13-24)31(28,29)21-8-9-22-18(16-21)10-11-26(22)23(27)17-2-3-17/h4-9,16-17H,2-3,10-15H2,1H3. The van der Waals surface area contributed by atoms with E-state index in [0.717, 1.165) is 35.5 Å². The fourth-order valence-corrected chi connectivity index (χ4v) is 5.92. The third-order valence-corrected chi connectivity index (χ3v) is 8.35. The van der Waals surface area contributed by atoms with Crippen LogP contribution >= 0.6 is 0 Å². The number of nitrogens with zero attached hydrogens (tertiary/aromatic N) is 3. The molecule has 1 aliphatic carbocycles.